The maximum Gasteiger partial charge on any atom is 0.312 e. The molecule has 6 heteroatoms. The van der Waals surface area contributed by atoms with Crippen LogP contribution in [0.4, 0.5) is 5.95 Å². The Balaban J connectivity index is 1.56. The minimum absolute atomic E-state index is 0.180. The van der Waals surface area contributed by atoms with Crippen molar-refractivity contribution in [1.29, 1.82) is 0 Å². The molecule has 1 heterocycles. The first-order chi connectivity index (χ1) is 12.4. The van der Waals surface area contributed by atoms with Gasteiger partial charge < -0.3 is 15.2 Å². The molecule has 6 nitrogen and oxygen atoms in total. The number of aliphatic carboxylic acids is 1. The average molecular weight is 353 g/mol. The molecule has 4 rings (SSSR count). The quantitative estimate of drug-likeness (QED) is 0.846. The number of nitrogens with zero attached hydrogens (tertiary/aromatic N) is 2. The Kier molecular flexibility index (Phi) is 3.86. The number of hydrogen-bond donors (Lipinski definition) is 2. The summed E-state index contributed by atoms with van der Waals surface area (Å²) in [7, 11) is 0. The van der Waals surface area contributed by atoms with Gasteiger partial charge in [-0.1, -0.05) is 32.0 Å². The first-order valence-corrected chi connectivity index (χ1v) is 8.99. The maximum absolute atomic E-state index is 12.2. The minimum Gasteiger partial charge on any atom is -0.481 e. The third kappa shape index (κ3) is 2.43. The fraction of sp³-hybridized carbons (Fsp3) is 0.450. The molecule has 1 aromatic heterocycles. The molecular formula is C20H23N3O3. The van der Waals surface area contributed by atoms with Crippen molar-refractivity contribution in [2.45, 2.75) is 39.2 Å². The lowest BCUT2D eigenvalue weighted by Crippen LogP contribution is -2.49. The van der Waals surface area contributed by atoms with Gasteiger partial charge in [-0.05, 0) is 42.7 Å². The number of ether oxygens (including phenoxy) is 1. The van der Waals surface area contributed by atoms with Crippen LogP contribution in [-0.4, -0.2) is 27.1 Å². The predicted molar refractivity (Wildman–Crippen MR) is 97.1 cm³/mol. The average Bonchev–Trinajstić information content (AvgIpc) is 2.99. The van der Waals surface area contributed by atoms with Gasteiger partial charge in [0.05, 0.1) is 5.41 Å². The van der Waals surface area contributed by atoms with Crippen molar-refractivity contribution in [1.82, 2.24) is 9.97 Å². The first-order valence-electron chi connectivity index (χ1n) is 8.99. The van der Waals surface area contributed by atoms with Crippen molar-refractivity contribution in [3.8, 4) is 11.6 Å². The van der Waals surface area contributed by atoms with Crippen LogP contribution in [0.1, 0.15) is 33.1 Å². The lowest BCUT2D eigenvalue weighted by Gasteiger charge is -2.38. The van der Waals surface area contributed by atoms with Crippen LogP contribution in [0.25, 0.3) is 0 Å². The molecule has 2 aliphatic carbocycles. The van der Waals surface area contributed by atoms with E-state index in [0.717, 1.165) is 12.8 Å². The number of aromatic nitrogens is 2. The molecule has 2 aliphatic rings. The number of nitrogens with one attached hydrogen (secondary N) is 1. The van der Waals surface area contributed by atoms with E-state index in [0.29, 0.717) is 29.9 Å². The number of rotatable bonds is 5. The van der Waals surface area contributed by atoms with E-state index in [1.165, 1.54) is 0 Å². The van der Waals surface area contributed by atoms with E-state index in [9.17, 15) is 9.90 Å². The van der Waals surface area contributed by atoms with Gasteiger partial charge in [0.25, 0.3) is 0 Å². The largest absolute Gasteiger partial charge is 0.481 e. The summed E-state index contributed by atoms with van der Waals surface area (Å²) in [4.78, 5) is 20.9. The van der Waals surface area contributed by atoms with Crippen LogP contribution in [0.3, 0.4) is 0 Å². The number of carboxylic acid groups (broad SMARTS) is 1. The Labute approximate surface area is 152 Å². The van der Waals surface area contributed by atoms with Gasteiger partial charge in [0.1, 0.15) is 5.75 Å². The Bertz CT molecular complexity index is 824. The second-order valence-corrected chi connectivity index (χ2v) is 7.80. The molecule has 0 saturated heterocycles. The number of carboxylic acids is 1. The molecule has 2 saturated carbocycles. The smallest absolute Gasteiger partial charge is 0.312 e. The molecule has 136 valence electrons. The summed E-state index contributed by atoms with van der Waals surface area (Å²) in [6, 6.07) is 10.9. The molecule has 0 aliphatic heterocycles. The second-order valence-electron chi connectivity index (χ2n) is 7.80. The lowest BCUT2D eigenvalue weighted by atomic mass is 9.67. The van der Waals surface area contributed by atoms with E-state index >= 15 is 0 Å². The molecule has 3 atom stereocenters. The predicted octanol–water partition coefficient (Wildman–Crippen LogP) is 3.96. The van der Waals surface area contributed by atoms with Gasteiger partial charge in [-0.25, -0.2) is 4.98 Å². The molecule has 26 heavy (non-hydrogen) atoms. The van der Waals surface area contributed by atoms with Crippen molar-refractivity contribution in [2.24, 2.45) is 16.7 Å². The molecule has 3 unspecified atom stereocenters. The van der Waals surface area contributed by atoms with Gasteiger partial charge in [0, 0.05) is 18.3 Å². The van der Waals surface area contributed by atoms with E-state index in [4.69, 9.17) is 4.74 Å². The van der Waals surface area contributed by atoms with Crippen LogP contribution in [0.15, 0.2) is 42.6 Å². The highest BCUT2D eigenvalue weighted by Crippen LogP contribution is 2.66. The fourth-order valence-electron chi connectivity index (χ4n) is 4.92. The topological polar surface area (TPSA) is 84.3 Å². The highest BCUT2D eigenvalue weighted by atomic mass is 16.5. The van der Waals surface area contributed by atoms with E-state index in [-0.39, 0.29) is 11.5 Å². The zero-order valence-corrected chi connectivity index (χ0v) is 15.0. The van der Waals surface area contributed by atoms with Gasteiger partial charge in [0.15, 0.2) is 0 Å². The Morgan fingerprint density at radius 2 is 2.04 bits per heavy atom. The van der Waals surface area contributed by atoms with Crippen LogP contribution in [0.2, 0.25) is 0 Å². The van der Waals surface area contributed by atoms with E-state index in [2.05, 4.69) is 29.1 Å². The zero-order valence-electron chi connectivity index (χ0n) is 15.0. The molecule has 0 radical (unpaired) electrons. The Morgan fingerprint density at radius 3 is 2.73 bits per heavy atom. The maximum atomic E-state index is 12.2. The van der Waals surface area contributed by atoms with Crippen molar-refractivity contribution >= 4 is 11.9 Å². The monoisotopic (exact) mass is 353 g/mol. The van der Waals surface area contributed by atoms with Crippen molar-refractivity contribution < 1.29 is 14.6 Å². The molecule has 2 bridgehead atoms. The minimum atomic E-state index is -0.780. The standard InChI is InChI=1S/C20H23N3O3/c1-19(2)13-8-10-20(19,17(24)25)15(12-13)22-18-21-11-9-16(23-18)26-14-6-4-3-5-7-14/h3-7,9,11,13,15H,8,10,12H2,1-2H3,(H,24,25)(H,21,22,23). The summed E-state index contributed by atoms with van der Waals surface area (Å²) in [5, 5.41) is 13.3. The van der Waals surface area contributed by atoms with Gasteiger partial charge >= 0.3 is 5.97 Å². The molecule has 0 spiro atoms. The summed E-state index contributed by atoms with van der Waals surface area (Å²) in [6.45, 7) is 4.16. The fourth-order valence-corrected chi connectivity index (χ4v) is 4.92. The number of carbonyl (C=O) groups is 1. The molecule has 2 N–H and O–H groups in total. The van der Waals surface area contributed by atoms with Gasteiger partial charge in [-0.3, -0.25) is 4.79 Å². The number of hydrogen-bond acceptors (Lipinski definition) is 5. The summed E-state index contributed by atoms with van der Waals surface area (Å²) in [5.41, 5.74) is -1.02. The van der Waals surface area contributed by atoms with E-state index in [1.54, 1.807) is 12.3 Å². The zero-order chi connectivity index (χ0) is 18.4. The number of benzene rings is 1. The molecule has 1 aromatic carbocycles. The van der Waals surface area contributed by atoms with Crippen LogP contribution >= 0.6 is 0 Å². The summed E-state index contributed by atoms with van der Waals surface area (Å²) in [5.74, 6) is 1.21. The highest BCUT2D eigenvalue weighted by Gasteiger charge is 2.68. The van der Waals surface area contributed by atoms with Crippen LogP contribution in [0.5, 0.6) is 11.6 Å². The summed E-state index contributed by atoms with van der Waals surface area (Å²) in [6.07, 6.45) is 4.11. The molecule has 2 fully saturated rings. The van der Waals surface area contributed by atoms with Crippen LogP contribution in [0, 0.1) is 16.7 Å². The van der Waals surface area contributed by atoms with Crippen molar-refractivity contribution in [3.63, 3.8) is 0 Å². The first kappa shape index (κ1) is 16.8. The third-order valence-corrected chi connectivity index (χ3v) is 6.45. The Hall–Kier alpha value is -2.63. The third-order valence-electron chi connectivity index (χ3n) is 6.45. The van der Waals surface area contributed by atoms with Crippen molar-refractivity contribution in [3.05, 3.63) is 42.6 Å². The van der Waals surface area contributed by atoms with Crippen LogP contribution < -0.4 is 10.1 Å². The molecular weight excluding hydrogens is 330 g/mol. The molecule has 0 amide bonds. The Morgan fingerprint density at radius 1 is 1.27 bits per heavy atom. The van der Waals surface area contributed by atoms with Crippen molar-refractivity contribution in [2.75, 3.05) is 5.32 Å². The lowest BCUT2D eigenvalue weighted by molar-refractivity contribution is -0.154. The number of fused-ring (bicyclic) bond motifs is 2. The van der Waals surface area contributed by atoms with E-state index in [1.807, 2.05) is 30.3 Å². The van der Waals surface area contributed by atoms with Gasteiger partial charge in [0.2, 0.25) is 11.8 Å². The highest BCUT2D eigenvalue weighted by molar-refractivity contribution is 5.79. The second kappa shape index (κ2) is 5.97. The summed E-state index contributed by atoms with van der Waals surface area (Å²) < 4.78 is 5.75. The number of para-hydroxylation sites is 1. The van der Waals surface area contributed by atoms with Crippen LogP contribution in [-0.2, 0) is 4.79 Å². The summed E-state index contributed by atoms with van der Waals surface area (Å²) >= 11 is 0. The van der Waals surface area contributed by atoms with Gasteiger partial charge in [-0.15, -0.1) is 0 Å². The normalized spacial score (nSPS) is 28.7. The van der Waals surface area contributed by atoms with Gasteiger partial charge in [-0.2, -0.15) is 4.98 Å². The molecule has 2 aromatic rings. The van der Waals surface area contributed by atoms with E-state index < -0.39 is 11.4 Å². The SMILES string of the molecule is CC1(C)C2CCC1(C(=O)O)C(Nc1nccc(Oc3ccccc3)n1)C2. The number of anilines is 1.